The first-order valence-electron chi connectivity index (χ1n) is 19.8. The van der Waals surface area contributed by atoms with E-state index in [-0.39, 0.29) is 69.9 Å². The fourth-order valence-electron chi connectivity index (χ4n) is 9.13. The molecule has 0 aromatic heterocycles. The van der Waals surface area contributed by atoms with E-state index in [1.54, 1.807) is 42.5 Å². The molecular weight excluding hydrogens is 778 g/mol. The normalized spacial score (nSPS) is 28.3. The number of rotatable bonds is 7. The highest BCUT2D eigenvalue weighted by molar-refractivity contribution is 6.68. The van der Waals surface area contributed by atoms with Crippen molar-refractivity contribution >= 4 is 47.0 Å². The molecule has 3 aromatic rings. The standard InChI is InChI=1S/C43H41N5O12/c44-42-46-39-30(40(56)47-42)45-20-48(39)28-11-5-4-8-23(28)22-13-17-58-43(14-6-1-7-15-43)38-34(54)33(53)35(55)41(60-38)59-36-26(22)18-27-29(37(36)57-19-21(50)12-16-49)32(52)25-10-3-2-9-24(25)31(27)51/h2-5,8-11,13,16-18,21-22,33-35,38,41,50,53-55H,1,6-7,12,14-15,19-20H2,(H2,44,47,56)/p+1. The summed E-state index contributed by atoms with van der Waals surface area (Å²) in [4.78, 5) is 62.6. The SMILES string of the molecule is N=C1N=C2C(=NC[NH+]2c2ccccc2C2C=COC3(CCCCC3)C3OC(Oc4c2cc2c(c4OCC(O)CC=O)C(=O)c4ccccc4C2=O)C(O)C(O)C3O)C(=O)N1. The number of aldehydes is 1. The molecule has 1 saturated heterocycles. The number of fused-ring (bicyclic) bond motifs is 7. The molecule has 0 radical (unpaired) electrons. The Hall–Kier alpha value is -5.95. The summed E-state index contributed by atoms with van der Waals surface area (Å²) < 4.78 is 26.0. The molecule has 2 fully saturated rings. The molecule has 17 heteroatoms. The molecule has 4 heterocycles. The van der Waals surface area contributed by atoms with Crippen LogP contribution in [0.25, 0.3) is 0 Å². The van der Waals surface area contributed by atoms with Gasteiger partial charge < -0.3 is 44.2 Å². The Morgan fingerprint density at radius 1 is 0.950 bits per heavy atom. The fourth-order valence-corrected chi connectivity index (χ4v) is 9.13. The maximum atomic E-state index is 14.5. The van der Waals surface area contributed by atoms with Crippen molar-refractivity contribution in [3.05, 3.63) is 100 Å². The van der Waals surface area contributed by atoms with Crippen LogP contribution in [0.15, 0.2) is 76.9 Å². The zero-order chi connectivity index (χ0) is 41.9. The number of quaternary nitrogens is 1. The Kier molecular flexibility index (Phi) is 10.3. The second-order valence-corrected chi connectivity index (χ2v) is 15.7. The number of amides is 1. The first-order chi connectivity index (χ1) is 29.0. The molecular formula is C43H42N5O12+. The van der Waals surface area contributed by atoms with Gasteiger partial charge >= 0.3 is 0 Å². The van der Waals surface area contributed by atoms with Crippen LogP contribution >= 0.6 is 0 Å². The van der Waals surface area contributed by atoms with E-state index in [9.17, 15) is 39.6 Å². The quantitative estimate of drug-likeness (QED) is 0.128. The van der Waals surface area contributed by atoms with Gasteiger partial charge in [-0.1, -0.05) is 48.9 Å². The van der Waals surface area contributed by atoms with Gasteiger partial charge in [-0.3, -0.25) is 25.1 Å². The predicted molar refractivity (Wildman–Crippen MR) is 210 cm³/mol. The maximum absolute atomic E-state index is 14.5. The van der Waals surface area contributed by atoms with Crippen molar-refractivity contribution < 1.29 is 63.5 Å². The van der Waals surface area contributed by atoms with E-state index in [1.165, 1.54) is 24.5 Å². The molecule has 8 atom stereocenters. The average molecular weight is 821 g/mol. The number of nitrogens with zero attached hydrogens (tertiary/aromatic N) is 2. The Balaban J connectivity index is 1.31. The number of carbonyl (C=O) groups excluding carboxylic acids is 4. The lowest BCUT2D eigenvalue weighted by atomic mass is 9.76. The molecule has 1 amide bonds. The number of para-hydroxylation sites is 1. The van der Waals surface area contributed by atoms with Crippen molar-refractivity contribution in [3.8, 4) is 11.5 Å². The third-order valence-corrected chi connectivity index (χ3v) is 12.1. The van der Waals surface area contributed by atoms with Crippen molar-refractivity contribution in [2.45, 2.75) is 86.9 Å². The summed E-state index contributed by atoms with van der Waals surface area (Å²) >= 11 is 0. The third-order valence-electron chi connectivity index (χ3n) is 12.1. The fraction of sp³-hybridized carbons (Fsp3) is 0.372. The van der Waals surface area contributed by atoms with Gasteiger partial charge in [-0.2, -0.15) is 4.99 Å². The summed E-state index contributed by atoms with van der Waals surface area (Å²) in [5.41, 5.74) is 0.167. The number of hydrogen-bond donors (Lipinski definition) is 7. The van der Waals surface area contributed by atoms with Crippen LogP contribution in [-0.2, 0) is 19.1 Å². The number of ether oxygens (including phenoxy) is 4. The zero-order valence-electron chi connectivity index (χ0n) is 32.1. The number of aliphatic hydroxyl groups excluding tert-OH is 4. The minimum absolute atomic E-state index is 0.0434. The molecule has 8 unspecified atom stereocenters. The van der Waals surface area contributed by atoms with Crippen LogP contribution in [0, 0.1) is 5.41 Å². The number of amidine groups is 1. The van der Waals surface area contributed by atoms with E-state index >= 15 is 0 Å². The topological polar surface area (TPSA) is 251 Å². The van der Waals surface area contributed by atoms with Gasteiger partial charge in [-0.05, 0) is 43.9 Å². The number of benzene rings is 3. The Morgan fingerprint density at radius 3 is 2.45 bits per heavy atom. The van der Waals surface area contributed by atoms with Gasteiger partial charge in [-0.25, -0.2) is 9.89 Å². The molecule has 6 aliphatic rings. The number of guanidine groups is 1. The molecule has 7 N–H and O–H groups in total. The van der Waals surface area contributed by atoms with Gasteiger partial charge in [0.25, 0.3) is 11.7 Å². The first-order valence-corrected chi connectivity index (χ1v) is 19.8. The van der Waals surface area contributed by atoms with Crippen molar-refractivity contribution in [3.63, 3.8) is 0 Å². The monoisotopic (exact) mass is 820 g/mol. The molecule has 60 heavy (non-hydrogen) atoms. The minimum atomic E-state index is -1.85. The minimum Gasteiger partial charge on any atom is -0.492 e. The van der Waals surface area contributed by atoms with E-state index in [0.29, 0.717) is 48.1 Å². The van der Waals surface area contributed by atoms with Gasteiger partial charge in [-0.15, -0.1) is 0 Å². The highest BCUT2D eigenvalue weighted by Crippen LogP contribution is 2.50. The summed E-state index contributed by atoms with van der Waals surface area (Å²) in [7, 11) is 0. The van der Waals surface area contributed by atoms with Crippen molar-refractivity contribution in [2.75, 3.05) is 13.3 Å². The number of aliphatic hydroxyl groups is 4. The van der Waals surface area contributed by atoms with E-state index < -0.39 is 72.4 Å². The maximum Gasteiger partial charge on any atom is 0.284 e. The zero-order valence-corrected chi connectivity index (χ0v) is 32.1. The van der Waals surface area contributed by atoms with Crippen LogP contribution < -0.4 is 19.7 Å². The van der Waals surface area contributed by atoms with E-state index in [4.69, 9.17) is 24.4 Å². The smallest absolute Gasteiger partial charge is 0.284 e. The Morgan fingerprint density at radius 2 is 1.68 bits per heavy atom. The number of allylic oxidation sites excluding steroid dienone is 1. The second-order valence-electron chi connectivity index (χ2n) is 15.7. The highest BCUT2D eigenvalue weighted by atomic mass is 16.7. The Bertz CT molecular complexity index is 2410. The molecule has 310 valence electrons. The van der Waals surface area contributed by atoms with Crippen LogP contribution in [-0.4, -0.2) is 117 Å². The molecule has 9 rings (SSSR count). The second kappa shape index (κ2) is 15.6. The Labute approximate surface area is 342 Å². The summed E-state index contributed by atoms with van der Waals surface area (Å²) in [6, 6.07) is 14.9. The third kappa shape index (κ3) is 6.54. The summed E-state index contributed by atoms with van der Waals surface area (Å²) in [5, 5.41) is 55.7. The van der Waals surface area contributed by atoms with Crippen LogP contribution in [0.2, 0.25) is 0 Å². The lowest BCUT2D eigenvalue weighted by molar-refractivity contribution is -0.723. The number of aliphatic imine (C=N–C) groups is 2. The van der Waals surface area contributed by atoms with Gasteiger partial charge in [0.1, 0.15) is 48.6 Å². The molecule has 1 saturated carbocycles. The number of hydrogen-bond acceptors (Lipinski definition) is 14. The number of nitrogens with one attached hydrogen (secondary N) is 3. The highest BCUT2D eigenvalue weighted by Gasteiger charge is 2.56. The molecule has 2 aliphatic carbocycles. The molecule has 4 aliphatic heterocycles. The lowest BCUT2D eigenvalue weighted by Crippen LogP contribution is -3.09. The van der Waals surface area contributed by atoms with Crippen LogP contribution in [0.3, 0.4) is 0 Å². The van der Waals surface area contributed by atoms with Crippen LogP contribution in [0.4, 0.5) is 5.69 Å². The van der Waals surface area contributed by atoms with Crippen LogP contribution in [0.5, 0.6) is 11.5 Å². The van der Waals surface area contributed by atoms with Crippen molar-refractivity contribution in [1.82, 2.24) is 5.32 Å². The van der Waals surface area contributed by atoms with Gasteiger partial charge in [0.15, 0.2) is 29.7 Å². The summed E-state index contributed by atoms with van der Waals surface area (Å²) in [6.45, 7) is -0.483. The number of carbonyl (C=O) groups is 4. The number of ketones is 2. The van der Waals surface area contributed by atoms with E-state index in [2.05, 4.69) is 15.3 Å². The summed E-state index contributed by atoms with van der Waals surface area (Å²) in [6.07, 6.45) is -2.94. The average Bonchev–Trinajstić information content (AvgIpc) is 3.67. The molecule has 17 nitrogen and oxygen atoms in total. The summed E-state index contributed by atoms with van der Waals surface area (Å²) in [5.74, 6) is -3.27. The van der Waals surface area contributed by atoms with Crippen molar-refractivity contribution in [2.24, 2.45) is 9.98 Å². The van der Waals surface area contributed by atoms with E-state index in [0.717, 1.165) is 6.42 Å². The van der Waals surface area contributed by atoms with Crippen LogP contribution in [0.1, 0.15) is 87.4 Å². The largest absolute Gasteiger partial charge is 0.492 e. The van der Waals surface area contributed by atoms with Gasteiger partial charge in [0.2, 0.25) is 18.0 Å². The van der Waals surface area contributed by atoms with Gasteiger partial charge in [0.05, 0.1) is 17.9 Å². The van der Waals surface area contributed by atoms with E-state index in [1.807, 2.05) is 0 Å². The molecule has 1 spiro atoms. The van der Waals surface area contributed by atoms with Crippen molar-refractivity contribution in [1.29, 1.82) is 5.41 Å². The predicted octanol–water partition coefficient (Wildman–Crippen LogP) is 0.747. The van der Waals surface area contributed by atoms with Gasteiger partial charge in [0, 0.05) is 40.2 Å². The lowest BCUT2D eigenvalue weighted by Gasteiger charge is -2.49. The molecule has 2 bridgehead atoms. The molecule has 3 aromatic carbocycles. The first kappa shape index (κ1) is 39.5.